The van der Waals surface area contributed by atoms with Gasteiger partial charge in [-0.25, -0.2) is 0 Å². The molecule has 0 aliphatic rings. The van der Waals surface area contributed by atoms with E-state index < -0.39 is 6.04 Å². The maximum absolute atomic E-state index is 12.8. The summed E-state index contributed by atoms with van der Waals surface area (Å²) in [7, 11) is 0. The Morgan fingerprint density at radius 3 is 2.78 bits per heavy atom. The van der Waals surface area contributed by atoms with Gasteiger partial charge in [-0.1, -0.05) is 29.3 Å². The number of thiophene rings is 1. The largest absolute Gasteiger partial charge is 0.467 e. The van der Waals surface area contributed by atoms with E-state index in [1.165, 1.54) is 17.6 Å². The van der Waals surface area contributed by atoms with Crippen molar-refractivity contribution in [3.8, 4) is 0 Å². The fourth-order valence-electron chi connectivity index (χ4n) is 3.22. The fourth-order valence-corrected chi connectivity index (χ4v) is 4.75. The van der Waals surface area contributed by atoms with Crippen LogP contribution in [0.25, 0.3) is 10.2 Å². The first-order valence-corrected chi connectivity index (χ1v) is 11.4. The summed E-state index contributed by atoms with van der Waals surface area (Å²) in [4.78, 5) is 26.4. The predicted octanol–water partition coefficient (Wildman–Crippen LogP) is 4.79. The molecule has 0 radical (unpaired) electrons. The SMILES string of the molecule is Cc1nn(Cc2ccc(Cl)cc2Cl)c2sc(C(=O)NC(C)C(=O)NCc3ccco3)cc12. The molecule has 2 N–H and O–H groups in total. The van der Waals surface area contributed by atoms with Crippen LogP contribution in [0.3, 0.4) is 0 Å². The molecule has 2 amide bonds. The molecule has 32 heavy (non-hydrogen) atoms. The molecule has 0 aliphatic carbocycles. The molecule has 0 saturated carbocycles. The Balaban J connectivity index is 1.46. The van der Waals surface area contributed by atoms with Crippen molar-refractivity contribution in [1.82, 2.24) is 20.4 Å². The number of furan rings is 1. The van der Waals surface area contributed by atoms with Gasteiger partial charge < -0.3 is 15.1 Å². The summed E-state index contributed by atoms with van der Waals surface area (Å²) in [6.07, 6.45) is 1.54. The molecule has 7 nitrogen and oxygen atoms in total. The lowest BCUT2D eigenvalue weighted by atomic mass is 10.2. The second-order valence-electron chi connectivity index (χ2n) is 7.30. The fraction of sp³-hybridized carbons (Fsp3) is 0.227. The molecule has 0 aliphatic heterocycles. The van der Waals surface area contributed by atoms with Crippen LogP contribution in [0.5, 0.6) is 0 Å². The van der Waals surface area contributed by atoms with E-state index in [1.54, 1.807) is 37.3 Å². The van der Waals surface area contributed by atoms with Crippen LogP contribution in [-0.2, 0) is 17.9 Å². The highest BCUT2D eigenvalue weighted by Crippen LogP contribution is 2.30. The highest BCUT2D eigenvalue weighted by molar-refractivity contribution is 7.20. The molecule has 4 aromatic rings. The molecule has 10 heteroatoms. The Hall–Kier alpha value is -2.81. The van der Waals surface area contributed by atoms with E-state index in [0.29, 0.717) is 27.2 Å². The molecule has 1 atom stereocenters. The minimum Gasteiger partial charge on any atom is -0.467 e. The summed E-state index contributed by atoms with van der Waals surface area (Å²) < 4.78 is 7.01. The molecule has 166 valence electrons. The molecule has 4 rings (SSSR count). The van der Waals surface area contributed by atoms with E-state index in [9.17, 15) is 9.59 Å². The van der Waals surface area contributed by atoms with Gasteiger partial charge in [0, 0.05) is 15.4 Å². The average molecular weight is 491 g/mol. The maximum atomic E-state index is 12.8. The van der Waals surface area contributed by atoms with Crippen molar-refractivity contribution < 1.29 is 14.0 Å². The van der Waals surface area contributed by atoms with Crippen LogP contribution in [0, 0.1) is 6.92 Å². The number of fused-ring (bicyclic) bond motifs is 1. The number of hydrogen-bond donors (Lipinski definition) is 2. The van der Waals surface area contributed by atoms with Crippen LogP contribution < -0.4 is 10.6 Å². The van der Waals surface area contributed by atoms with Crippen LogP contribution in [-0.4, -0.2) is 27.6 Å². The van der Waals surface area contributed by atoms with Crippen molar-refractivity contribution in [1.29, 1.82) is 0 Å². The van der Waals surface area contributed by atoms with E-state index in [4.69, 9.17) is 27.6 Å². The standard InChI is InChI=1S/C22H20Cl2N4O3S/c1-12-17-9-19(21(30)26-13(2)20(29)25-10-16-4-3-7-31-16)32-22(17)28(27-12)11-14-5-6-15(23)8-18(14)24/h3-9,13H,10-11H2,1-2H3,(H,25,29)(H,26,30). The van der Waals surface area contributed by atoms with E-state index in [2.05, 4.69) is 15.7 Å². The van der Waals surface area contributed by atoms with E-state index in [0.717, 1.165) is 21.5 Å². The third-order valence-electron chi connectivity index (χ3n) is 4.92. The first-order valence-electron chi connectivity index (χ1n) is 9.83. The van der Waals surface area contributed by atoms with Gasteiger partial charge in [-0.05, 0) is 49.7 Å². The number of nitrogens with one attached hydrogen (secondary N) is 2. The first kappa shape index (κ1) is 22.4. The number of carbonyl (C=O) groups excluding carboxylic acids is 2. The zero-order chi connectivity index (χ0) is 22.8. The zero-order valence-electron chi connectivity index (χ0n) is 17.3. The van der Waals surface area contributed by atoms with Gasteiger partial charge in [-0.15, -0.1) is 11.3 Å². The summed E-state index contributed by atoms with van der Waals surface area (Å²) in [5.74, 6) is 0.0279. The van der Waals surface area contributed by atoms with Crippen LogP contribution in [0.15, 0.2) is 47.1 Å². The Morgan fingerprint density at radius 1 is 1.25 bits per heavy atom. The lowest BCUT2D eigenvalue weighted by Gasteiger charge is -2.13. The number of halogens is 2. The van der Waals surface area contributed by atoms with Gasteiger partial charge in [-0.2, -0.15) is 5.10 Å². The monoisotopic (exact) mass is 490 g/mol. The minimum absolute atomic E-state index is 0.261. The van der Waals surface area contributed by atoms with E-state index in [-0.39, 0.29) is 18.4 Å². The Morgan fingerprint density at radius 2 is 2.06 bits per heavy atom. The zero-order valence-corrected chi connectivity index (χ0v) is 19.6. The number of aromatic nitrogens is 2. The first-order chi connectivity index (χ1) is 15.3. The van der Waals surface area contributed by atoms with Crippen molar-refractivity contribution in [3.63, 3.8) is 0 Å². The van der Waals surface area contributed by atoms with Gasteiger partial charge in [0.2, 0.25) is 5.91 Å². The molecule has 0 bridgehead atoms. The van der Waals surface area contributed by atoms with Crippen molar-refractivity contribution >= 4 is 56.6 Å². The molecule has 0 saturated heterocycles. The molecule has 1 unspecified atom stereocenters. The Kier molecular flexibility index (Phi) is 6.55. The lowest BCUT2D eigenvalue weighted by Crippen LogP contribution is -2.44. The topological polar surface area (TPSA) is 89.2 Å². The van der Waals surface area contributed by atoms with Gasteiger partial charge in [0.25, 0.3) is 5.91 Å². The number of hydrogen-bond acceptors (Lipinski definition) is 5. The molecule has 3 heterocycles. The summed E-state index contributed by atoms with van der Waals surface area (Å²) >= 11 is 13.6. The molecule has 1 aromatic carbocycles. The number of amides is 2. The number of carbonyl (C=O) groups is 2. The molecule has 0 spiro atoms. The second-order valence-corrected chi connectivity index (χ2v) is 9.17. The highest BCUT2D eigenvalue weighted by Gasteiger charge is 2.21. The van der Waals surface area contributed by atoms with Gasteiger partial charge in [0.1, 0.15) is 16.6 Å². The summed E-state index contributed by atoms with van der Waals surface area (Å²) in [6, 6.07) is 9.94. The quantitative estimate of drug-likeness (QED) is 0.389. The minimum atomic E-state index is -0.701. The van der Waals surface area contributed by atoms with Crippen LogP contribution in [0.2, 0.25) is 10.0 Å². The van der Waals surface area contributed by atoms with Crippen molar-refractivity contribution in [2.45, 2.75) is 33.0 Å². The normalized spacial score (nSPS) is 12.1. The highest BCUT2D eigenvalue weighted by atomic mass is 35.5. The molecular weight excluding hydrogens is 471 g/mol. The summed E-state index contributed by atoms with van der Waals surface area (Å²) in [6.45, 7) is 4.24. The Bertz CT molecular complexity index is 1280. The van der Waals surface area contributed by atoms with Crippen molar-refractivity contribution in [2.75, 3.05) is 0 Å². The van der Waals surface area contributed by atoms with Gasteiger partial charge in [0.05, 0.1) is 29.9 Å². The lowest BCUT2D eigenvalue weighted by molar-refractivity contribution is -0.122. The van der Waals surface area contributed by atoms with E-state index in [1.807, 2.05) is 17.7 Å². The van der Waals surface area contributed by atoms with Crippen LogP contribution >= 0.6 is 34.5 Å². The second kappa shape index (κ2) is 9.36. The number of nitrogens with zero attached hydrogens (tertiary/aromatic N) is 2. The van der Waals surface area contributed by atoms with Gasteiger partial charge >= 0.3 is 0 Å². The van der Waals surface area contributed by atoms with Crippen LogP contribution in [0.4, 0.5) is 0 Å². The summed E-state index contributed by atoms with van der Waals surface area (Å²) in [5, 5.41) is 12.1. The van der Waals surface area contributed by atoms with Crippen molar-refractivity contribution in [3.05, 3.63) is 74.6 Å². The third kappa shape index (κ3) is 4.82. The van der Waals surface area contributed by atoms with Gasteiger partial charge in [0.15, 0.2) is 0 Å². The number of benzene rings is 1. The predicted molar refractivity (Wildman–Crippen MR) is 125 cm³/mol. The molecule has 0 fully saturated rings. The van der Waals surface area contributed by atoms with Gasteiger partial charge in [-0.3, -0.25) is 14.3 Å². The smallest absolute Gasteiger partial charge is 0.262 e. The van der Waals surface area contributed by atoms with E-state index >= 15 is 0 Å². The number of aryl methyl sites for hydroxylation is 1. The molecule has 3 aromatic heterocycles. The average Bonchev–Trinajstić information content (AvgIpc) is 3.47. The third-order valence-corrected chi connectivity index (χ3v) is 6.66. The van der Waals surface area contributed by atoms with Crippen LogP contribution in [0.1, 0.15) is 33.6 Å². The summed E-state index contributed by atoms with van der Waals surface area (Å²) in [5.41, 5.74) is 1.69. The van der Waals surface area contributed by atoms with Crippen molar-refractivity contribution in [2.24, 2.45) is 0 Å². The molecular formula is C22H20Cl2N4O3S. The number of rotatable bonds is 7. The maximum Gasteiger partial charge on any atom is 0.262 e. The Labute approximate surface area is 198 Å².